The fourth-order valence-electron chi connectivity index (χ4n) is 3.90. The van der Waals surface area contributed by atoms with Crippen LogP contribution < -0.4 is 16.1 Å². The Hall–Kier alpha value is -5.32. The third kappa shape index (κ3) is 5.41. The van der Waals surface area contributed by atoms with E-state index in [1.807, 2.05) is 63.2 Å². The zero-order valence-corrected chi connectivity index (χ0v) is 21.0. The number of hydrogen-bond donors (Lipinski definition) is 4. The van der Waals surface area contributed by atoms with Gasteiger partial charge in [-0.05, 0) is 62.2 Å². The normalized spacial score (nSPS) is 11.1. The van der Waals surface area contributed by atoms with Gasteiger partial charge < -0.3 is 15.6 Å². The van der Waals surface area contributed by atoms with Gasteiger partial charge in [-0.1, -0.05) is 24.3 Å². The number of nitro benzene ring substituents is 1. The van der Waals surface area contributed by atoms with Crippen LogP contribution >= 0.6 is 0 Å². The van der Waals surface area contributed by atoms with Gasteiger partial charge in [0.25, 0.3) is 5.69 Å². The first-order valence-corrected chi connectivity index (χ1v) is 11.8. The summed E-state index contributed by atoms with van der Waals surface area (Å²) in [5, 5.41) is 22.7. The van der Waals surface area contributed by atoms with Crippen molar-refractivity contribution in [2.24, 2.45) is 5.10 Å². The maximum absolute atomic E-state index is 11.0. The number of hydrazone groups is 1. The first-order valence-electron chi connectivity index (χ1n) is 11.8. The number of anilines is 5. The van der Waals surface area contributed by atoms with Crippen molar-refractivity contribution in [2.45, 2.75) is 20.8 Å². The average molecular weight is 508 g/mol. The highest BCUT2D eigenvalue weighted by atomic mass is 16.6. The Balaban J connectivity index is 1.43. The van der Waals surface area contributed by atoms with E-state index in [1.165, 1.54) is 17.7 Å². The molecule has 38 heavy (non-hydrogen) atoms. The van der Waals surface area contributed by atoms with Crippen LogP contribution in [0.5, 0.6) is 0 Å². The van der Waals surface area contributed by atoms with Crippen molar-refractivity contribution in [3.63, 3.8) is 0 Å². The lowest BCUT2D eigenvalue weighted by molar-refractivity contribution is -0.384. The number of H-pyrrole nitrogens is 1. The van der Waals surface area contributed by atoms with Crippen LogP contribution in [0.1, 0.15) is 22.4 Å². The van der Waals surface area contributed by atoms with Crippen LogP contribution in [0.4, 0.5) is 34.9 Å². The van der Waals surface area contributed by atoms with Crippen LogP contribution in [-0.4, -0.2) is 31.1 Å². The number of nitrogens with zero attached hydrogens (tertiary/aromatic N) is 5. The minimum absolute atomic E-state index is 0.00689. The number of non-ortho nitro benzene ring substituents is 1. The van der Waals surface area contributed by atoms with Crippen molar-refractivity contribution in [2.75, 3.05) is 16.1 Å². The number of nitro groups is 1. The lowest BCUT2D eigenvalue weighted by Crippen LogP contribution is -2.07. The number of hydrogen-bond acceptors (Lipinski definition) is 9. The molecule has 0 saturated carbocycles. The molecular formula is C27H25N9O2. The summed E-state index contributed by atoms with van der Waals surface area (Å²) in [6.07, 6.45) is 1.72. The van der Waals surface area contributed by atoms with Crippen molar-refractivity contribution in [1.29, 1.82) is 0 Å². The first kappa shape index (κ1) is 24.4. The van der Waals surface area contributed by atoms with Gasteiger partial charge >= 0.3 is 0 Å². The summed E-state index contributed by atoms with van der Waals surface area (Å²) in [6, 6.07) is 20.0. The molecule has 11 heteroatoms. The molecule has 0 spiro atoms. The lowest BCUT2D eigenvalue weighted by atomic mass is 10.1. The fraction of sp³-hybridized carbons (Fsp3) is 0.111. The predicted octanol–water partition coefficient (Wildman–Crippen LogP) is 6.12. The molecule has 5 aromatic rings. The van der Waals surface area contributed by atoms with Crippen LogP contribution in [-0.2, 0) is 0 Å². The highest BCUT2D eigenvalue weighted by Gasteiger charge is 2.10. The van der Waals surface area contributed by atoms with Gasteiger partial charge in [-0.25, -0.2) is 5.43 Å². The largest absolute Gasteiger partial charge is 0.358 e. The maximum atomic E-state index is 11.0. The molecular weight excluding hydrogens is 482 g/mol. The van der Waals surface area contributed by atoms with Gasteiger partial charge in [0, 0.05) is 45.7 Å². The van der Waals surface area contributed by atoms with E-state index in [2.05, 4.69) is 41.1 Å². The monoisotopic (exact) mass is 507 g/mol. The quantitative estimate of drug-likeness (QED) is 0.112. The lowest BCUT2D eigenvalue weighted by Gasteiger charge is -2.11. The number of para-hydroxylation sites is 1. The molecule has 0 aliphatic rings. The van der Waals surface area contributed by atoms with Crippen LogP contribution in [0.25, 0.3) is 10.9 Å². The molecule has 0 fully saturated rings. The number of fused-ring (bicyclic) bond motifs is 1. The highest BCUT2D eigenvalue weighted by molar-refractivity contribution is 6.00. The van der Waals surface area contributed by atoms with Gasteiger partial charge in [0.05, 0.1) is 11.1 Å². The minimum Gasteiger partial charge on any atom is -0.358 e. The molecule has 0 atom stereocenters. The van der Waals surface area contributed by atoms with E-state index in [0.717, 1.165) is 33.4 Å². The van der Waals surface area contributed by atoms with Crippen LogP contribution in [0.2, 0.25) is 0 Å². The van der Waals surface area contributed by atoms with Crippen molar-refractivity contribution in [3.05, 3.63) is 99.2 Å². The van der Waals surface area contributed by atoms with E-state index < -0.39 is 4.92 Å². The Kier molecular flexibility index (Phi) is 6.64. The van der Waals surface area contributed by atoms with E-state index in [1.54, 1.807) is 18.3 Å². The topological polar surface area (TPSA) is 146 Å². The van der Waals surface area contributed by atoms with Gasteiger partial charge in [-0.3, -0.25) is 10.1 Å². The van der Waals surface area contributed by atoms with Gasteiger partial charge in [-0.2, -0.15) is 20.1 Å². The number of aromatic amines is 1. The SMILES string of the molecule is Cc1ccc(Nc2nc(N/N=C\c3c(C)[nH]c4ccccc34)nc(Nc3ccc([N+](=O)[O-])cc3)n2)cc1C. The standard InChI is InChI=1S/C27H25N9O2/c1-16-8-9-20(14-17(16)2)31-26-32-25(30-19-10-12-21(13-11-19)36(37)38)33-27(34-26)35-28-15-23-18(3)29-24-7-5-4-6-22(23)24/h4-15,29H,1-3H3,(H3,30,31,32,33,34,35)/b28-15-. The molecule has 2 heterocycles. The summed E-state index contributed by atoms with van der Waals surface area (Å²) < 4.78 is 0. The van der Waals surface area contributed by atoms with Crippen molar-refractivity contribution >= 4 is 52.0 Å². The molecule has 0 saturated heterocycles. The molecule has 3 aromatic carbocycles. The summed E-state index contributed by atoms with van der Waals surface area (Å²) >= 11 is 0. The molecule has 0 aliphatic heterocycles. The second-order valence-corrected chi connectivity index (χ2v) is 8.74. The first-order chi connectivity index (χ1) is 18.4. The van der Waals surface area contributed by atoms with Crippen molar-refractivity contribution in [1.82, 2.24) is 19.9 Å². The van der Waals surface area contributed by atoms with Crippen molar-refractivity contribution in [3.8, 4) is 0 Å². The smallest absolute Gasteiger partial charge is 0.269 e. The summed E-state index contributed by atoms with van der Waals surface area (Å²) in [7, 11) is 0. The number of nitrogens with one attached hydrogen (secondary N) is 4. The molecule has 11 nitrogen and oxygen atoms in total. The predicted molar refractivity (Wildman–Crippen MR) is 150 cm³/mol. The Morgan fingerprint density at radius 3 is 2.21 bits per heavy atom. The zero-order valence-electron chi connectivity index (χ0n) is 21.0. The molecule has 0 bridgehead atoms. The molecule has 4 N–H and O–H groups in total. The highest BCUT2D eigenvalue weighted by Crippen LogP contribution is 2.23. The van der Waals surface area contributed by atoms with Crippen LogP contribution in [0.15, 0.2) is 71.8 Å². The second kappa shape index (κ2) is 10.3. The Morgan fingerprint density at radius 2 is 1.50 bits per heavy atom. The van der Waals surface area contributed by atoms with Crippen molar-refractivity contribution < 1.29 is 4.92 Å². The fourth-order valence-corrected chi connectivity index (χ4v) is 3.90. The molecule has 0 amide bonds. The second-order valence-electron chi connectivity index (χ2n) is 8.74. The minimum atomic E-state index is -0.451. The van der Waals surface area contributed by atoms with E-state index in [0.29, 0.717) is 11.6 Å². The number of aryl methyl sites for hydroxylation is 3. The summed E-state index contributed by atoms with van der Waals surface area (Å²) in [5.74, 6) is 0.749. The van der Waals surface area contributed by atoms with E-state index in [-0.39, 0.29) is 17.6 Å². The molecule has 0 aliphatic carbocycles. The summed E-state index contributed by atoms with van der Waals surface area (Å²) in [6.45, 7) is 6.07. The van der Waals surface area contributed by atoms with E-state index in [9.17, 15) is 10.1 Å². The van der Waals surface area contributed by atoms with Crippen LogP contribution in [0.3, 0.4) is 0 Å². The van der Waals surface area contributed by atoms with Gasteiger partial charge in [0.2, 0.25) is 17.8 Å². The van der Waals surface area contributed by atoms with Gasteiger partial charge in [0.1, 0.15) is 0 Å². The van der Waals surface area contributed by atoms with Crippen LogP contribution in [0, 0.1) is 30.9 Å². The van der Waals surface area contributed by atoms with E-state index >= 15 is 0 Å². The Labute approximate surface area is 218 Å². The summed E-state index contributed by atoms with van der Waals surface area (Å²) in [5.41, 5.74) is 9.58. The number of aromatic nitrogens is 4. The molecule has 0 radical (unpaired) electrons. The third-order valence-electron chi connectivity index (χ3n) is 6.03. The molecule has 190 valence electrons. The summed E-state index contributed by atoms with van der Waals surface area (Å²) in [4.78, 5) is 27.2. The Bertz CT molecular complexity index is 1660. The molecule has 2 aromatic heterocycles. The molecule has 5 rings (SSSR count). The van der Waals surface area contributed by atoms with Gasteiger partial charge in [0.15, 0.2) is 0 Å². The molecule has 0 unspecified atom stereocenters. The Morgan fingerprint density at radius 1 is 0.842 bits per heavy atom. The maximum Gasteiger partial charge on any atom is 0.269 e. The van der Waals surface area contributed by atoms with Gasteiger partial charge in [-0.15, -0.1) is 0 Å². The zero-order chi connectivity index (χ0) is 26.6. The van der Waals surface area contributed by atoms with E-state index in [4.69, 9.17) is 0 Å². The number of rotatable bonds is 8. The average Bonchev–Trinajstić information content (AvgIpc) is 3.21. The number of benzene rings is 3. The third-order valence-corrected chi connectivity index (χ3v) is 6.03.